The summed E-state index contributed by atoms with van der Waals surface area (Å²) in [4.78, 5) is 22.0. The average Bonchev–Trinajstić information content (AvgIpc) is 2.68. The van der Waals surface area contributed by atoms with Crippen molar-refractivity contribution in [1.82, 2.24) is 9.97 Å². The monoisotopic (exact) mass is 422 g/mol. The van der Waals surface area contributed by atoms with Gasteiger partial charge in [-0.05, 0) is 43.3 Å². The van der Waals surface area contributed by atoms with Crippen molar-refractivity contribution in [2.45, 2.75) is 51.9 Å². The third-order valence-corrected chi connectivity index (χ3v) is 10.3. The summed E-state index contributed by atoms with van der Waals surface area (Å²) in [6.45, 7) is 17.0. The fourth-order valence-corrected chi connectivity index (χ4v) is 4.49. The van der Waals surface area contributed by atoms with E-state index in [0.717, 1.165) is 16.6 Å². The molecule has 0 bridgehead atoms. The zero-order valence-electron chi connectivity index (χ0n) is 18.7. The highest BCUT2D eigenvalue weighted by Crippen LogP contribution is 2.40. The van der Waals surface area contributed by atoms with E-state index < -0.39 is 14.3 Å². The number of esters is 1. The standard InChI is InChI=1S/C24H30N2O3Si/c1-8-15-28-23(27)18-12-10-14-20-22(18)26-19-13-9-11-17(21(19)25-20)16(2)29-30(6,7)24(3,4)5/h8-14,16H,1,15H2,2-7H3/t16-/m1/s1. The molecule has 1 heterocycles. The maximum atomic E-state index is 12.4. The molecular weight excluding hydrogens is 392 g/mol. The Morgan fingerprint density at radius 1 is 1.10 bits per heavy atom. The number of benzene rings is 2. The lowest BCUT2D eigenvalue weighted by Gasteiger charge is -2.38. The minimum Gasteiger partial charge on any atom is -0.458 e. The zero-order chi connectivity index (χ0) is 22.1. The second-order valence-corrected chi connectivity index (χ2v) is 13.8. The molecule has 6 heteroatoms. The number of hydrogen-bond donors (Lipinski definition) is 0. The number of hydrogen-bond acceptors (Lipinski definition) is 5. The largest absolute Gasteiger partial charge is 0.458 e. The molecular formula is C24H30N2O3Si. The lowest BCUT2D eigenvalue weighted by atomic mass is 10.1. The van der Waals surface area contributed by atoms with Crippen LogP contribution >= 0.6 is 0 Å². The van der Waals surface area contributed by atoms with Crippen molar-refractivity contribution in [2.24, 2.45) is 0 Å². The SMILES string of the molecule is C=CCOC(=O)c1cccc2nc3c([C@@H](C)O[Si](C)(C)C(C)(C)C)cccc3nc12. The summed E-state index contributed by atoms with van der Waals surface area (Å²) in [6, 6.07) is 11.3. The van der Waals surface area contributed by atoms with E-state index >= 15 is 0 Å². The highest BCUT2D eigenvalue weighted by molar-refractivity contribution is 6.74. The Kier molecular flexibility index (Phi) is 6.10. The normalized spacial score (nSPS) is 13.4. The van der Waals surface area contributed by atoms with E-state index in [4.69, 9.17) is 19.1 Å². The average molecular weight is 423 g/mol. The zero-order valence-corrected chi connectivity index (χ0v) is 19.7. The van der Waals surface area contributed by atoms with E-state index in [2.05, 4.69) is 47.4 Å². The van der Waals surface area contributed by atoms with Gasteiger partial charge in [-0.3, -0.25) is 0 Å². The number of nitrogens with zero attached hydrogens (tertiary/aromatic N) is 2. The van der Waals surface area contributed by atoms with Crippen LogP contribution in [0.1, 0.15) is 49.7 Å². The van der Waals surface area contributed by atoms with Crippen molar-refractivity contribution in [1.29, 1.82) is 0 Å². The molecule has 1 aromatic heterocycles. The second kappa shape index (κ2) is 8.28. The summed E-state index contributed by atoms with van der Waals surface area (Å²) in [5.41, 5.74) is 4.13. The quantitative estimate of drug-likeness (QED) is 0.205. The fraction of sp³-hybridized carbons (Fsp3) is 0.375. The van der Waals surface area contributed by atoms with E-state index in [9.17, 15) is 4.79 Å². The van der Waals surface area contributed by atoms with Crippen LogP contribution in [0, 0.1) is 0 Å². The molecule has 2 aromatic carbocycles. The van der Waals surface area contributed by atoms with Gasteiger partial charge in [0, 0.05) is 5.56 Å². The van der Waals surface area contributed by atoms with Gasteiger partial charge in [-0.25, -0.2) is 14.8 Å². The number of para-hydroxylation sites is 2. The first-order valence-corrected chi connectivity index (χ1v) is 13.1. The molecule has 0 spiro atoms. The molecule has 0 N–H and O–H groups in total. The first kappa shape index (κ1) is 22.1. The summed E-state index contributed by atoms with van der Waals surface area (Å²) in [5.74, 6) is -0.431. The molecule has 1 atom stereocenters. The minimum absolute atomic E-state index is 0.109. The van der Waals surface area contributed by atoms with Crippen molar-refractivity contribution in [3.8, 4) is 0 Å². The number of carbonyl (C=O) groups is 1. The van der Waals surface area contributed by atoms with Crippen LogP contribution in [-0.2, 0) is 9.16 Å². The molecule has 0 saturated heterocycles. The first-order valence-electron chi connectivity index (χ1n) is 10.2. The maximum Gasteiger partial charge on any atom is 0.340 e. The van der Waals surface area contributed by atoms with Gasteiger partial charge in [0.1, 0.15) is 12.1 Å². The number of fused-ring (bicyclic) bond motifs is 2. The van der Waals surface area contributed by atoms with Gasteiger partial charge in [-0.1, -0.05) is 51.6 Å². The van der Waals surface area contributed by atoms with Crippen LogP contribution in [0.25, 0.3) is 22.1 Å². The van der Waals surface area contributed by atoms with Crippen LogP contribution in [0.2, 0.25) is 18.1 Å². The van der Waals surface area contributed by atoms with Crippen LogP contribution in [0.5, 0.6) is 0 Å². The van der Waals surface area contributed by atoms with Crippen LogP contribution in [0.15, 0.2) is 49.1 Å². The van der Waals surface area contributed by atoms with Crippen LogP contribution in [-0.4, -0.2) is 30.9 Å². The predicted molar refractivity (Wildman–Crippen MR) is 124 cm³/mol. The van der Waals surface area contributed by atoms with Gasteiger partial charge < -0.3 is 9.16 Å². The highest BCUT2D eigenvalue weighted by atomic mass is 28.4. The smallest absolute Gasteiger partial charge is 0.340 e. The van der Waals surface area contributed by atoms with Gasteiger partial charge in [0.15, 0.2) is 8.32 Å². The summed E-state index contributed by atoms with van der Waals surface area (Å²) in [5, 5.41) is 0.116. The van der Waals surface area contributed by atoms with Crippen molar-refractivity contribution < 1.29 is 14.0 Å². The molecule has 0 unspecified atom stereocenters. The number of ether oxygens (including phenoxy) is 1. The molecule has 0 fully saturated rings. The molecule has 3 aromatic rings. The number of rotatable bonds is 6. The molecule has 30 heavy (non-hydrogen) atoms. The molecule has 3 rings (SSSR count). The number of carbonyl (C=O) groups excluding carboxylic acids is 1. The summed E-state index contributed by atoms with van der Waals surface area (Å²) in [7, 11) is -1.95. The van der Waals surface area contributed by atoms with Gasteiger partial charge in [0.2, 0.25) is 0 Å². The van der Waals surface area contributed by atoms with Gasteiger partial charge in [-0.15, -0.1) is 0 Å². The molecule has 158 valence electrons. The highest BCUT2D eigenvalue weighted by Gasteiger charge is 2.38. The van der Waals surface area contributed by atoms with Gasteiger partial charge in [0.05, 0.1) is 28.2 Å². The molecule has 5 nitrogen and oxygen atoms in total. The van der Waals surface area contributed by atoms with Crippen LogP contribution in [0.3, 0.4) is 0 Å². The molecule has 0 aliphatic rings. The maximum absolute atomic E-state index is 12.4. The summed E-state index contributed by atoms with van der Waals surface area (Å²) in [6.07, 6.45) is 1.43. The van der Waals surface area contributed by atoms with Crippen molar-refractivity contribution in [2.75, 3.05) is 6.61 Å². The van der Waals surface area contributed by atoms with Gasteiger partial charge in [-0.2, -0.15) is 0 Å². The minimum atomic E-state index is -1.95. The first-order chi connectivity index (χ1) is 14.0. The van der Waals surface area contributed by atoms with Crippen molar-refractivity contribution in [3.63, 3.8) is 0 Å². The Balaban J connectivity index is 2.08. The second-order valence-electron chi connectivity index (χ2n) is 9.02. The third kappa shape index (κ3) is 4.30. The fourth-order valence-electron chi connectivity index (χ4n) is 3.13. The summed E-state index contributed by atoms with van der Waals surface area (Å²) >= 11 is 0. The van der Waals surface area contributed by atoms with Crippen LogP contribution in [0.4, 0.5) is 0 Å². The lowest BCUT2D eigenvalue weighted by molar-refractivity contribution is 0.0552. The van der Waals surface area contributed by atoms with E-state index in [0.29, 0.717) is 16.6 Å². The van der Waals surface area contributed by atoms with Crippen LogP contribution < -0.4 is 0 Å². The molecule has 0 aliphatic heterocycles. The van der Waals surface area contributed by atoms with Crippen molar-refractivity contribution >= 4 is 36.4 Å². The molecule has 0 amide bonds. The Morgan fingerprint density at radius 2 is 1.70 bits per heavy atom. The van der Waals surface area contributed by atoms with E-state index in [1.54, 1.807) is 18.2 Å². The predicted octanol–water partition coefficient (Wildman–Crippen LogP) is 6.21. The number of aromatic nitrogens is 2. The Bertz CT molecular complexity index is 1100. The third-order valence-electron chi connectivity index (χ3n) is 5.79. The van der Waals surface area contributed by atoms with Crippen molar-refractivity contribution in [3.05, 3.63) is 60.2 Å². The van der Waals surface area contributed by atoms with Gasteiger partial charge >= 0.3 is 5.97 Å². The molecule has 0 aliphatic carbocycles. The van der Waals surface area contributed by atoms with Gasteiger partial charge in [0.25, 0.3) is 0 Å². The molecule has 0 radical (unpaired) electrons. The van der Waals surface area contributed by atoms with E-state index in [1.807, 2.05) is 24.3 Å². The topological polar surface area (TPSA) is 61.3 Å². The Labute approximate surface area is 179 Å². The van der Waals surface area contributed by atoms with E-state index in [-0.39, 0.29) is 17.7 Å². The summed E-state index contributed by atoms with van der Waals surface area (Å²) < 4.78 is 11.8. The Hall–Kier alpha value is -2.57. The molecule has 0 saturated carbocycles. The Morgan fingerprint density at radius 3 is 2.33 bits per heavy atom. The van der Waals surface area contributed by atoms with E-state index in [1.165, 1.54) is 0 Å². The lowest BCUT2D eigenvalue weighted by Crippen LogP contribution is -2.41.